The fourth-order valence-corrected chi connectivity index (χ4v) is 2.85. The van der Waals surface area contributed by atoms with Gasteiger partial charge in [-0.2, -0.15) is 0 Å². The van der Waals surface area contributed by atoms with Crippen molar-refractivity contribution in [1.29, 1.82) is 0 Å². The second kappa shape index (κ2) is 3.07. The topological polar surface area (TPSA) is 63.2 Å². The number of amides is 1. The Morgan fingerprint density at radius 3 is 2.53 bits per heavy atom. The number of sulfonamides is 1. The molecule has 84 valence electrons. The predicted molar refractivity (Wildman–Crippen MR) is 56.5 cm³/mol. The summed E-state index contributed by atoms with van der Waals surface area (Å²) in [6.45, 7) is 5.25. The van der Waals surface area contributed by atoms with Crippen molar-refractivity contribution in [1.82, 2.24) is 4.72 Å². The molecule has 0 aromatic carbocycles. The smallest absolute Gasteiger partial charge is 0.240 e. The van der Waals surface area contributed by atoms with Gasteiger partial charge in [-0.25, -0.2) is 8.42 Å². The Hall–Kier alpha value is -0.840. The summed E-state index contributed by atoms with van der Waals surface area (Å²) in [5.74, 6) is -0.389. The maximum atomic E-state index is 11.7. The third-order valence-electron chi connectivity index (χ3n) is 3.32. The van der Waals surface area contributed by atoms with Gasteiger partial charge in [0.15, 0.2) is 0 Å². The lowest BCUT2D eigenvalue weighted by Crippen LogP contribution is -2.39. The number of nitrogens with one attached hydrogen (secondary N) is 1. The Bertz CT molecular complexity index is 408. The molecule has 0 aromatic heterocycles. The molecule has 2 unspecified atom stereocenters. The van der Waals surface area contributed by atoms with Crippen molar-refractivity contribution in [2.75, 3.05) is 0 Å². The van der Waals surface area contributed by atoms with Crippen molar-refractivity contribution in [2.45, 2.75) is 30.9 Å². The fourth-order valence-electron chi connectivity index (χ4n) is 1.55. The highest BCUT2D eigenvalue weighted by atomic mass is 32.2. The summed E-state index contributed by atoms with van der Waals surface area (Å²) < 4.78 is 24.9. The molecule has 2 rings (SSSR count). The van der Waals surface area contributed by atoms with Crippen LogP contribution in [0.25, 0.3) is 0 Å². The number of carbonyl (C=O) groups excluding carboxylic acids is 1. The monoisotopic (exact) mass is 229 g/mol. The molecule has 4 nitrogen and oxygen atoms in total. The summed E-state index contributed by atoms with van der Waals surface area (Å²) in [7, 11) is -3.46. The standard InChI is InChI=1S/C10H15NO3S/c1-3-7-6-8(7)9(12)11-15(13,14)10(2)4-5-10/h3,7-8H,1,4-6H2,2H3,(H,11,12). The molecule has 2 saturated carbocycles. The molecule has 15 heavy (non-hydrogen) atoms. The van der Waals surface area contributed by atoms with Crippen LogP contribution in [0.3, 0.4) is 0 Å². The minimum Gasteiger partial charge on any atom is -0.274 e. The SMILES string of the molecule is C=CC1CC1C(=O)NS(=O)(=O)C1(C)CC1. The van der Waals surface area contributed by atoms with E-state index in [9.17, 15) is 13.2 Å². The Morgan fingerprint density at radius 2 is 2.13 bits per heavy atom. The van der Waals surface area contributed by atoms with Gasteiger partial charge in [0.1, 0.15) is 0 Å². The molecule has 0 radical (unpaired) electrons. The van der Waals surface area contributed by atoms with E-state index in [-0.39, 0.29) is 17.7 Å². The highest BCUT2D eigenvalue weighted by Crippen LogP contribution is 2.44. The molecule has 0 heterocycles. The molecule has 1 amide bonds. The van der Waals surface area contributed by atoms with Crippen LogP contribution in [0, 0.1) is 11.8 Å². The van der Waals surface area contributed by atoms with Gasteiger partial charge in [0.25, 0.3) is 0 Å². The predicted octanol–water partition coefficient (Wildman–Crippen LogP) is 0.807. The molecule has 1 N–H and O–H groups in total. The summed E-state index contributed by atoms with van der Waals surface area (Å²) in [5, 5.41) is 0. The summed E-state index contributed by atoms with van der Waals surface area (Å²) in [4.78, 5) is 11.5. The number of hydrogen-bond acceptors (Lipinski definition) is 3. The molecule has 2 aliphatic rings. The van der Waals surface area contributed by atoms with Gasteiger partial charge < -0.3 is 0 Å². The van der Waals surface area contributed by atoms with E-state index in [1.54, 1.807) is 13.0 Å². The van der Waals surface area contributed by atoms with Crippen LogP contribution in [0.2, 0.25) is 0 Å². The first-order valence-electron chi connectivity index (χ1n) is 5.08. The molecular formula is C10H15NO3S. The van der Waals surface area contributed by atoms with Crippen LogP contribution in [0.5, 0.6) is 0 Å². The minimum absolute atomic E-state index is 0.159. The second-order valence-corrected chi connectivity index (χ2v) is 6.86. The van der Waals surface area contributed by atoms with E-state index in [2.05, 4.69) is 11.3 Å². The van der Waals surface area contributed by atoms with Crippen molar-refractivity contribution in [3.8, 4) is 0 Å². The highest BCUT2D eigenvalue weighted by molar-refractivity contribution is 7.91. The fraction of sp³-hybridized carbons (Fsp3) is 0.700. The number of hydrogen-bond donors (Lipinski definition) is 1. The van der Waals surface area contributed by atoms with Crippen LogP contribution in [0.15, 0.2) is 12.7 Å². The lowest BCUT2D eigenvalue weighted by atomic mass is 10.3. The van der Waals surface area contributed by atoms with Crippen LogP contribution in [-0.2, 0) is 14.8 Å². The summed E-state index contributed by atoms with van der Waals surface area (Å²) in [6, 6.07) is 0. The summed E-state index contributed by atoms with van der Waals surface area (Å²) in [6.07, 6.45) is 3.72. The Balaban J connectivity index is 1.98. The number of allylic oxidation sites excluding steroid dienone is 1. The molecule has 0 bridgehead atoms. The Kier molecular flexibility index (Phi) is 2.19. The van der Waals surface area contributed by atoms with Gasteiger partial charge in [0, 0.05) is 5.92 Å². The van der Waals surface area contributed by atoms with Crippen LogP contribution >= 0.6 is 0 Å². The van der Waals surface area contributed by atoms with Crippen LogP contribution in [-0.4, -0.2) is 19.1 Å². The first-order chi connectivity index (χ1) is 6.89. The van der Waals surface area contributed by atoms with Crippen molar-refractivity contribution < 1.29 is 13.2 Å². The average Bonchev–Trinajstić information content (AvgIpc) is 2.97. The second-order valence-electron chi connectivity index (χ2n) is 4.66. The van der Waals surface area contributed by atoms with Crippen molar-refractivity contribution >= 4 is 15.9 Å². The van der Waals surface area contributed by atoms with E-state index in [1.165, 1.54) is 0 Å². The summed E-state index contributed by atoms with van der Waals surface area (Å²) in [5.41, 5.74) is 0. The third kappa shape index (κ3) is 1.80. The van der Waals surface area contributed by atoms with Gasteiger partial charge in [-0.3, -0.25) is 9.52 Å². The molecule has 0 spiro atoms. The molecule has 0 aliphatic heterocycles. The number of carbonyl (C=O) groups is 1. The van der Waals surface area contributed by atoms with E-state index >= 15 is 0 Å². The molecular weight excluding hydrogens is 214 g/mol. The van der Waals surface area contributed by atoms with Crippen LogP contribution in [0.1, 0.15) is 26.2 Å². The molecule has 2 aliphatic carbocycles. The third-order valence-corrected chi connectivity index (χ3v) is 5.49. The maximum Gasteiger partial charge on any atom is 0.240 e. The molecule has 0 saturated heterocycles. The van der Waals surface area contributed by atoms with Crippen LogP contribution in [0.4, 0.5) is 0 Å². The summed E-state index contributed by atoms with van der Waals surface area (Å²) >= 11 is 0. The maximum absolute atomic E-state index is 11.7. The van der Waals surface area contributed by atoms with E-state index in [1.807, 2.05) is 0 Å². The molecule has 2 fully saturated rings. The zero-order chi connectivity index (χ0) is 11.3. The Morgan fingerprint density at radius 1 is 1.53 bits per heavy atom. The van der Waals surface area contributed by atoms with E-state index in [4.69, 9.17) is 0 Å². The van der Waals surface area contributed by atoms with Crippen molar-refractivity contribution in [3.63, 3.8) is 0 Å². The lowest BCUT2D eigenvalue weighted by Gasteiger charge is -2.11. The Labute approximate surface area is 89.8 Å². The van der Waals surface area contributed by atoms with Gasteiger partial charge in [0.05, 0.1) is 4.75 Å². The average molecular weight is 229 g/mol. The van der Waals surface area contributed by atoms with Gasteiger partial charge >= 0.3 is 0 Å². The zero-order valence-electron chi connectivity index (χ0n) is 8.69. The lowest BCUT2D eigenvalue weighted by molar-refractivity contribution is -0.120. The first-order valence-corrected chi connectivity index (χ1v) is 6.57. The van der Waals surface area contributed by atoms with Crippen molar-refractivity contribution in [3.05, 3.63) is 12.7 Å². The van der Waals surface area contributed by atoms with E-state index in [0.717, 1.165) is 6.42 Å². The van der Waals surface area contributed by atoms with Gasteiger partial charge in [0.2, 0.25) is 15.9 Å². The quantitative estimate of drug-likeness (QED) is 0.725. The zero-order valence-corrected chi connectivity index (χ0v) is 9.51. The first kappa shape index (κ1) is 10.7. The normalized spacial score (nSPS) is 31.8. The van der Waals surface area contributed by atoms with Gasteiger partial charge in [-0.15, -0.1) is 6.58 Å². The highest BCUT2D eigenvalue weighted by Gasteiger charge is 2.52. The molecule has 2 atom stereocenters. The van der Waals surface area contributed by atoms with Crippen molar-refractivity contribution in [2.24, 2.45) is 11.8 Å². The van der Waals surface area contributed by atoms with Gasteiger partial charge in [-0.1, -0.05) is 6.08 Å². The molecule has 5 heteroatoms. The molecule has 0 aromatic rings. The van der Waals surface area contributed by atoms with Gasteiger partial charge in [-0.05, 0) is 32.1 Å². The van der Waals surface area contributed by atoms with E-state index < -0.39 is 14.8 Å². The largest absolute Gasteiger partial charge is 0.274 e. The van der Waals surface area contributed by atoms with E-state index in [0.29, 0.717) is 12.8 Å². The van der Waals surface area contributed by atoms with Crippen LogP contribution < -0.4 is 4.72 Å². The number of rotatable bonds is 4. The minimum atomic E-state index is -3.46.